The van der Waals surface area contributed by atoms with Crippen LogP contribution < -0.4 is 5.32 Å². The molecule has 3 heterocycles. The summed E-state index contributed by atoms with van der Waals surface area (Å²) in [5.41, 5.74) is 6.51. The fraction of sp³-hybridized carbons (Fsp3) is 0.154. The predicted molar refractivity (Wildman–Crippen MR) is 146 cm³/mol. The highest BCUT2D eigenvalue weighted by molar-refractivity contribution is 7.99. The lowest BCUT2D eigenvalue weighted by atomic mass is 10.0. The van der Waals surface area contributed by atoms with Gasteiger partial charge in [0.05, 0.1) is 11.4 Å². The van der Waals surface area contributed by atoms with Gasteiger partial charge < -0.3 is 9.88 Å². The van der Waals surface area contributed by atoms with E-state index in [2.05, 4.69) is 64.0 Å². The zero-order chi connectivity index (χ0) is 24.4. The zero-order valence-corrected chi connectivity index (χ0v) is 21.9. The fourth-order valence-corrected chi connectivity index (χ4v) is 6.04. The zero-order valence-electron chi connectivity index (χ0n) is 19.5. The number of carbonyl (C=O) groups excluding carboxylic acids is 1. The molecule has 0 unspecified atom stereocenters. The van der Waals surface area contributed by atoms with E-state index in [0.717, 1.165) is 22.6 Å². The average molecular weight is 518 g/mol. The monoisotopic (exact) mass is 517 g/mol. The predicted octanol–water partition coefficient (Wildman–Crippen LogP) is 6.68. The third kappa shape index (κ3) is 5.07. The number of anilines is 1. The first kappa shape index (κ1) is 23.5. The Labute approximate surface area is 216 Å². The lowest BCUT2D eigenvalue weighted by Gasteiger charge is -2.07. The first-order valence-corrected chi connectivity index (χ1v) is 13.7. The Balaban J connectivity index is 1.27. The van der Waals surface area contributed by atoms with Crippen LogP contribution in [0.5, 0.6) is 0 Å². The number of rotatable bonds is 7. The second-order valence-corrected chi connectivity index (χ2v) is 10.9. The molecule has 6 nitrogen and oxygen atoms in total. The number of thiophene rings is 1. The second-order valence-electron chi connectivity index (χ2n) is 8.05. The van der Waals surface area contributed by atoms with Gasteiger partial charge >= 0.3 is 0 Å². The first-order valence-electron chi connectivity index (χ1n) is 11.0. The molecule has 0 saturated heterocycles. The van der Waals surface area contributed by atoms with E-state index in [0.29, 0.717) is 10.3 Å². The third-order valence-corrected chi connectivity index (χ3v) is 8.23. The van der Waals surface area contributed by atoms with Gasteiger partial charge in [0.1, 0.15) is 0 Å². The Hall–Kier alpha value is -3.27. The van der Waals surface area contributed by atoms with Crippen molar-refractivity contribution >= 4 is 45.5 Å². The van der Waals surface area contributed by atoms with Crippen molar-refractivity contribution in [3.05, 3.63) is 75.8 Å². The molecule has 9 heteroatoms. The summed E-state index contributed by atoms with van der Waals surface area (Å²) in [5.74, 6) is 0.889. The molecule has 0 aliphatic carbocycles. The molecule has 0 bridgehead atoms. The summed E-state index contributed by atoms with van der Waals surface area (Å²) in [6.45, 7) is 4.21. The van der Waals surface area contributed by atoms with Crippen LogP contribution >= 0.6 is 34.4 Å². The van der Waals surface area contributed by atoms with Crippen LogP contribution in [0.1, 0.15) is 10.4 Å². The van der Waals surface area contributed by atoms with Crippen LogP contribution in [-0.2, 0) is 11.8 Å². The van der Waals surface area contributed by atoms with Gasteiger partial charge in [-0.05, 0) is 19.4 Å². The highest BCUT2D eigenvalue weighted by Crippen LogP contribution is 2.39. The van der Waals surface area contributed by atoms with Crippen LogP contribution in [0.4, 0.5) is 5.13 Å². The molecule has 0 spiro atoms. The van der Waals surface area contributed by atoms with Crippen molar-refractivity contribution in [3.63, 3.8) is 0 Å². The molecule has 0 aliphatic heterocycles. The minimum absolute atomic E-state index is 0.125. The van der Waals surface area contributed by atoms with E-state index in [1.165, 1.54) is 44.7 Å². The van der Waals surface area contributed by atoms with Crippen LogP contribution in [0.3, 0.4) is 0 Å². The van der Waals surface area contributed by atoms with Gasteiger partial charge in [0.2, 0.25) is 5.91 Å². The summed E-state index contributed by atoms with van der Waals surface area (Å²) >= 11 is 4.48. The lowest BCUT2D eigenvalue weighted by Crippen LogP contribution is -2.14. The van der Waals surface area contributed by atoms with E-state index in [1.54, 1.807) is 11.3 Å². The van der Waals surface area contributed by atoms with Crippen molar-refractivity contribution in [1.82, 2.24) is 19.7 Å². The Morgan fingerprint density at radius 2 is 1.74 bits per heavy atom. The highest BCUT2D eigenvalue weighted by Gasteiger charge is 2.19. The molecule has 1 N–H and O–H groups in total. The average Bonchev–Trinajstić information content (AvgIpc) is 3.58. The van der Waals surface area contributed by atoms with Crippen molar-refractivity contribution in [3.8, 4) is 33.8 Å². The maximum absolute atomic E-state index is 12.6. The standard InChI is InChI=1S/C26H23N5OS3/c1-16-9-11-19(12-10-16)23-17(2)33-13-20(23)24-29-30-26(31(24)3)35-15-22(32)28-25-27-21(14-34-25)18-7-5-4-6-8-18/h4-14H,15H2,1-3H3,(H,27,28,32). The van der Waals surface area contributed by atoms with Gasteiger partial charge in [0.25, 0.3) is 0 Å². The fourth-order valence-electron chi connectivity index (χ4n) is 3.73. The van der Waals surface area contributed by atoms with Gasteiger partial charge in [-0.15, -0.1) is 32.9 Å². The number of hydrogen-bond acceptors (Lipinski definition) is 7. The van der Waals surface area contributed by atoms with Gasteiger partial charge in [-0.1, -0.05) is 71.9 Å². The molecule has 35 heavy (non-hydrogen) atoms. The first-order chi connectivity index (χ1) is 17.0. The van der Waals surface area contributed by atoms with Crippen molar-refractivity contribution in [2.24, 2.45) is 7.05 Å². The molecule has 0 fully saturated rings. The molecule has 176 valence electrons. The maximum atomic E-state index is 12.6. The number of nitrogens with one attached hydrogen (secondary N) is 1. The molecular weight excluding hydrogens is 495 g/mol. The van der Waals surface area contributed by atoms with Crippen molar-refractivity contribution in [1.29, 1.82) is 0 Å². The molecule has 5 aromatic rings. The number of aromatic nitrogens is 4. The molecule has 0 saturated carbocycles. The SMILES string of the molecule is Cc1ccc(-c2c(-c3nnc(SCC(=O)Nc4nc(-c5ccccc5)cs4)n3C)csc2C)cc1. The Kier molecular flexibility index (Phi) is 6.81. The molecule has 3 aromatic heterocycles. The van der Waals surface area contributed by atoms with E-state index in [9.17, 15) is 4.79 Å². The van der Waals surface area contributed by atoms with E-state index in [1.807, 2.05) is 47.3 Å². The van der Waals surface area contributed by atoms with Crippen molar-refractivity contribution in [2.75, 3.05) is 11.1 Å². The number of amides is 1. The van der Waals surface area contributed by atoms with Crippen LogP contribution in [-0.4, -0.2) is 31.4 Å². The Morgan fingerprint density at radius 3 is 2.51 bits per heavy atom. The molecule has 2 aromatic carbocycles. The quantitative estimate of drug-likeness (QED) is 0.244. The van der Waals surface area contributed by atoms with Crippen LogP contribution in [0, 0.1) is 13.8 Å². The summed E-state index contributed by atoms with van der Waals surface area (Å²) in [6, 6.07) is 18.5. The number of carbonyl (C=O) groups is 1. The highest BCUT2D eigenvalue weighted by atomic mass is 32.2. The number of aryl methyl sites for hydroxylation is 2. The summed E-state index contributed by atoms with van der Waals surface area (Å²) in [4.78, 5) is 18.3. The van der Waals surface area contributed by atoms with E-state index in [4.69, 9.17) is 0 Å². The number of hydrogen-bond donors (Lipinski definition) is 1. The minimum atomic E-state index is -0.125. The molecule has 0 radical (unpaired) electrons. The third-order valence-electron chi connectivity index (χ3n) is 5.54. The van der Waals surface area contributed by atoms with Crippen LogP contribution in [0.2, 0.25) is 0 Å². The number of benzene rings is 2. The van der Waals surface area contributed by atoms with Gasteiger partial charge in [-0.3, -0.25) is 4.79 Å². The van der Waals surface area contributed by atoms with Crippen LogP contribution in [0.15, 0.2) is 70.5 Å². The van der Waals surface area contributed by atoms with E-state index in [-0.39, 0.29) is 11.7 Å². The lowest BCUT2D eigenvalue weighted by molar-refractivity contribution is -0.113. The normalized spacial score (nSPS) is 11.1. The van der Waals surface area contributed by atoms with Gasteiger partial charge in [-0.25, -0.2) is 4.98 Å². The van der Waals surface area contributed by atoms with Gasteiger partial charge in [0.15, 0.2) is 16.1 Å². The molecule has 1 amide bonds. The molecular formula is C26H23N5OS3. The van der Waals surface area contributed by atoms with Crippen molar-refractivity contribution < 1.29 is 4.79 Å². The Morgan fingerprint density at radius 1 is 0.971 bits per heavy atom. The molecule has 5 rings (SSSR count). The largest absolute Gasteiger partial charge is 0.305 e. The number of thioether (sulfide) groups is 1. The summed E-state index contributed by atoms with van der Waals surface area (Å²) in [7, 11) is 1.94. The minimum Gasteiger partial charge on any atom is -0.305 e. The van der Waals surface area contributed by atoms with Gasteiger partial charge in [0, 0.05) is 39.4 Å². The topological polar surface area (TPSA) is 72.7 Å². The van der Waals surface area contributed by atoms with Gasteiger partial charge in [-0.2, -0.15) is 0 Å². The van der Waals surface area contributed by atoms with E-state index >= 15 is 0 Å². The summed E-state index contributed by atoms with van der Waals surface area (Å²) in [6.07, 6.45) is 0. The van der Waals surface area contributed by atoms with E-state index < -0.39 is 0 Å². The molecule has 0 atom stereocenters. The second kappa shape index (κ2) is 10.2. The number of thiazole rings is 1. The summed E-state index contributed by atoms with van der Waals surface area (Å²) in [5, 5.41) is 17.1. The Bertz CT molecular complexity index is 1470. The maximum Gasteiger partial charge on any atom is 0.236 e. The number of nitrogens with zero attached hydrogens (tertiary/aromatic N) is 4. The van der Waals surface area contributed by atoms with Crippen molar-refractivity contribution in [2.45, 2.75) is 19.0 Å². The van der Waals surface area contributed by atoms with Crippen LogP contribution in [0.25, 0.3) is 33.8 Å². The smallest absolute Gasteiger partial charge is 0.236 e. The molecule has 0 aliphatic rings. The summed E-state index contributed by atoms with van der Waals surface area (Å²) < 4.78 is 1.95.